The molecule has 0 aliphatic heterocycles. The Bertz CT molecular complexity index is 1370. The van der Waals surface area contributed by atoms with Gasteiger partial charge >= 0.3 is 11.9 Å². The van der Waals surface area contributed by atoms with Crippen molar-refractivity contribution in [3.8, 4) is 11.5 Å². The van der Waals surface area contributed by atoms with Crippen LogP contribution in [-0.2, 0) is 9.59 Å². The molecule has 0 spiro atoms. The van der Waals surface area contributed by atoms with Crippen molar-refractivity contribution in [1.82, 2.24) is 9.80 Å². The number of aliphatic hydroxyl groups is 2. The van der Waals surface area contributed by atoms with Crippen molar-refractivity contribution in [2.45, 2.75) is 91.5 Å². The first-order chi connectivity index (χ1) is 23.6. The lowest BCUT2D eigenvalue weighted by atomic mass is 9.81. The topological polar surface area (TPSA) is 220 Å². The molecule has 0 amide bonds. The molecule has 2 aromatic rings. The van der Waals surface area contributed by atoms with Crippen LogP contribution < -0.4 is 10.6 Å². The van der Waals surface area contributed by atoms with Gasteiger partial charge in [-0.3, -0.25) is 9.59 Å². The van der Waals surface area contributed by atoms with E-state index >= 15 is 0 Å². The fraction of sp³-hybridized carbons (Fsp3) is 0.556. The Kier molecular flexibility index (Phi) is 16.6. The highest BCUT2D eigenvalue weighted by Gasteiger charge is 2.38. The number of carboxylic acids is 2. The second kappa shape index (κ2) is 19.8. The number of aliphatic hydroxyl groups excluding tert-OH is 2. The number of carboxylic acid groups (broad SMARTS) is 2. The number of aliphatic carboxylic acids is 2. The normalized spacial score (nSPS) is 14.6. The van der Waals surface area contributed by atoms with Gasteiger partial charge in [0.1, 0.15) is 11.5 Å². The zero-order chi connectivity index (χ0) is 37.7. The minimum Gasteiger partial charge on any atom is -0.507 e. The smallest absolute Gasteiger partial charge is 0.335 e. The number of rotatable bonds is 19. The molecular weight excluding hydrogens is 648 g/mol. The lowest BCUT2D eigenvalue weighted by molar-refractivity contribution is -0.165. The van der Waals surface area contributed by atoms with Gasteiger partial charge in [0.05, 0.1) is 22.3 Å². The zero-order valence-electron chi connectivity index (χ0n) is 29.9. The van der Waals surface area contributed by atoms with Crippen LogP contribution in [0.25, 0.3) is 0 Å². The number of benzene rings is 2. The molecule has 2 aromatic carbocycles. The van der Waals surface area contributed by atoms with Gasteiger partial charge in [-0.2, -0.15) is 0 Å². The highest BCUT2D eigenvalue weighted by Crippen LogP contribution is 2.42. The van der Waals surface area contributed by atoms with Crippen molar-refractivity contribution in [1.29, 1.82) is 0 Å². The van der Waals surface area contributed by atoms with Crippen LogP contribution in [0, 0.1) is 0 Å². The third kappa shape index (κ3) is 10.9. The quantitative estimate of drug-likeness (QED) is 0.0837. The summed E-state index contributed by atoms with van der Waals surface area (Å²) < 4.78 is 0. The Morgan fingerprint density at radius 1 is 0.620 bits per heavy atom. The summed E-state index contributed by atoms with van der Waals surface area (Å²) in [6.45, 7) is 18.9. The molecule has 14 nitrogen and oxygen atoms in total. The number of anilines is 2. The van der Waals surface area contributed by atoms with E-state index in [0.29, 0.717) is 11.4 Å². The maximum atomic E-state index is 13.9. The predicted octanol–water partition coefficient (Wildman–Crippen LogP) is 3.60. The standard InChI is InChI=1S/C32H48N4O4.C4H6O6/c1-7-35(8-2)19-11-13-21(5)33-23-15-16-24(34-22(6)14-12-20-36(9-3)10-4)28-27(23)31(39)29-25(37)17-18-26(38)30(29)32(28)40;5-1(3(7)8)2(6)4(9)10/h15-18,21-22,33-34,37-38H,7-14,19-20H2,1-6H3;1-2,5-6H,(H,7,8)(H,9,10). The highest BCUT2D eigenvalue weighted by molar-refractivity contribution is 6.33. The van der Waals surface area contributed by atoms with Crippen LogP contribution in [-0.4, -0.2) is 128 Å². The fourth-order valence-corrected chi connectivity index (χ4v) is 5.87. The Morgan fingerprint density at radius 2 is 0.940 bits per heavy atom. The van der Waals surface area contributed by atoms with Gasteiger partial charge in [0, 0.05) is 23.5 Å². The average molecular weight is 703 g/mol. The Labute approximate surface area is 293 Å². The third-order valence-electron chi connectivity index (χ3n) is 8.90. The largest absolute Gasteiger partial charge is 0.507 e. The Hall–Kier alpha value is -4.24. The molecule has 0 saturated heterocycles. The summed E-state index contributed by atoms with van der Waals surface area (Å²) >= 11 is 0. The summed E-state index contributed by atoms with van der Waals surface area (Å²) in [6, 6.07) is 6.35. The number of hydrogen-bond acceptors (Lipinski definition) is 12. The van der Waals surface area contributed by atoms with Gasteiger partial charge < -0.3 is 51.1 Å². The molecule has 14 heteroatoms. The van der Waals surface area contributed by atoms with Crippen LogP contribution in [0.3, 0.4) is 0 Å². The molecule has 278 valence electrons. The van der Waals surface area contributed by atoms with E-state index in [9.17, 15) is 29.4 Å². The van der Waals surface area contributed by atoms with Gasteiger partial charge in [-0.05, 0) is 103 Å². The molecule has 0 radical (unpaired) electrons. The molecule has 0 aromatic heterocycles. The number of hydrogen-bond donors (Lipinski definition) is 8. The molecule has 50 heavy (non-hydrogen) atoms. The maximum absolute atomic E-state index is 13.9. The molecule has 0 bridgehead atoms. The SMILES string of the molecule is CCN(CC)CCCC(C)Nc1ccc(NC(C)CCCN(CC)CC)c2c1C(=O)c1c(O)ccc(O)c1C2=O.O=C(O)C(O)C(O)C(=O)O. The molecule has 4 unspecified atom stereocenters. The summed E-state index contributed by atoms with van der Waals surface area (Å²) in [5.41, 5.74) is 1.34. The first-order valence-corrected chi connectivity index (χ1v) is 17.2. The van der Waals surface area contributed by atoms with Gasteiger partial charge in [-0.25, -0.2) is 9.59 Å². The maximum Gasteiger partial charge on any atom is 0.335 e. The van der Waals surface area contributed by atoms with E-state index in [1.807, 2.05) is 12.1 Å². The molecular formula is C36H54N4O10. The fourth-order valence-electron chi connectivity index (χ4n) is 5.87. The molecule has 0 saturated carbocycles. The first kappa shape index (κ1) is 41.9. The number of fused-ring (bicyclic) bond motifs is 2. The van der Waals surface area contributed by atoms with E-state index in [1.165, 1.54) is 12.1 Å². The van der Waals surface area contributed by atoms with Crippen LogP contribution in [0.2, 0.25) is 0 Å². The van der Waals surface area contributed by atoms with Crippen molar-refractivity contribution in [2.24, 2.45) is 0 Å². The van der Waals surface area contributed by atoms with Gasteiger partial charge in [0.25, 0.3) is 0 Å². The molecule has 8 N–H and O–H groups in total. The summed E-state index contributed by atoms with van der Waals surface area (Å²) in [6.07, 6.45) is -0.714. The lowest BCUT2D eigenvalue weighted by Crippen LogP contribution is -2.39. The average Bonchev–Trinajstić information content (AvgIpc) is 3.08. The van der Waals surface area contributed by atoms with Crippen molar-refractivity contribution < 1.29 is 49.8 Å². The van der Waals surface area contributed by atoms with E-state index in [2.05, 4.69) is 62.0 Å². The summed E-state index contributed by atoms with van der Waals surface area (Å²) in [7, 11) is 0. The lowest BCUT2D eigenvalue weighted by Gasteiger charge is -2.28. The Balaban J connectivity index is 0.000000752. The van der Waals surface area contributed by atoms with Gasteiger partial charge in [0.2, 0.25) is 11.6 Å². The number of aromatic hydroxyl groups is 2. The van der Waals surface area contributed by atoms with E-state index in [1.54, 1.807) is 0 Å². The van der Waals surface area contributed by atoms with E-state index < -0.39 is 35.7 Å². The first-order valence-electron chi connectivity index (χ1n) is 17.2. The van der Waals surface area contributed by atoms with Crippen molar-refractivity contribution in [3.63, 3.8) is 0 Å². The minimum atomic E-state index is -2.27. The van der Waals surface area contributed by atoms with Crippen LogP contribution in [0.4, 0.5) is 11.4 Å². The molecule has 0 fully saturated rings. The number of ketones is 2. The molecule has 3 rings (SSSR count). The molecule has 0 heterocycles. The molecule has 1 aliphatic rings. The van der Waals surface area contributed by atoms with E-state index in [-0.39, 0.29) is 45.8 Å². The number of carbonyl (C=O) groups is 4. The number of phenolic OH excluding ortho intramolecular Hbond substituents is 2. The van der Waals surface area contributed by atoms with E-state index in [0.717, 1.165) is 65.0 Å². The van der Waals surface area contributed by atoms with Crippen LogP contribution in [0.5, 0.6) is 11.5 Å². The summed E-state index contributed by atoms with van der Waals surface area (Å²) in [4.78, 5) is 52.0. The number of phenols is 2. The van der Waals surface area contributed by atoms with Crippen LogP contribution in [0.1, 0.15) is 99.1 Å². The van der Waals surface area contributed by atoms with Crippen molar-refractivity contribution >= 4 is 34.9 Å². The van der Waals surface area contributed by atoms with Crippen molar-refractivity contribution in [2.75, 3.05) is 49.9 Å². The van der Waals surface area contributed by atoms with Gasteiger partial charge in [-0.1, -0.05) is 27.7 Å². The number of nitrogens with one attached hydrogen (secondary N) is 2. The summed E-state index contributed by atoms with van der Waals surface area (Å²) in [5, 5.41) is 60.6. The van der Waals surface area contributed by atoms with Gasteiger partial charge in [0.15, 0.2) is 12.2 Å². The monoisotopic (exact) mass is 702 g/mol. The number of carbonyl (C=O) groups excluding carboxylic acids is 2. The van der Waals surface area contributed by atoms with E-state index in [4.69, 9.17) is 20.4 Å². The van der Waals surface area contributed by atoms with Gasteiger partial charge in [-0.15, -0.1) is 0 Å². The zero-order valence-corrected chi connectivity index (χ0v) is 29.9. The Morgan fingerprint density at radius 3 is 1.22 bits per heavy atom. The summed E-state index contributed by atoms with van der Waals surface area (Å²) in [5.74, 6) is -5.08. The van der Waals surface area contributed by atoms with Crippen LogP contribution in [0.15, 0.2) is 24.3 Å². The number of nitrogens with zero attached hydrogens (tertiary/aromatic N) is 2. The van der Waals surface area contributed by atoms with Crippen molar-refractivity contribution in [3.05, 3.63) is 46.5 Å². The molecule has 4 atom stereocenters. The second-order valence-electron chi connectivity index (χ2n) is 12.4. The highest BCUT2D eigenvalue weighted by atomic mass is 16.4. The molecule has 1 aliphatic carbocycles. The predicted molar refractivity (Wildman–Crippen MR) is 191 cm³/mol. The van der Waals surface area contributed by atoms with Crippen LogP contribution >= 0.6 is 0 Å². The second-order valence-corrected chi connectivity index (χ2v) is 12.4. The minimum absolute atomic E-state index is 0.0690. The third-order valence-corrected chi connectivity index (χ3v) is 8.90.